The number of amides is 1. The molecule has 6 nitrogen and oxygen atoms in total. The first-order chi connectivity index (χ1) is 12.5. The van der Waals surface area contributed by atoms with Crippen LogP contribution in [0.4, 0.5) is 0 Å². The number of nitrogens with one attached hydrogen (secondary N) is 1. The van der Waals surface area contributed by atoms with Crippen LogP contribution in [0.1, 0.15) is 38.5 Å². The smallest absolute Gasteiger partial charge is 0.261 e. The fourth-order valence-electron chi connectivity index (χ4n) is 3.86. The average Bonchev–Trinajstić information content (AvgIpc) is 2.89. The van der Waals surface area contributed by atoms with Crippen molar-refractivity contribution in [1.29, 1.82) is 0 Å². The van der Waals surface area contributed by atoms with Gasteiger partial charge in [0.1, 0.15) is 6.54 Å². The van der Waals surface area contributed by atoms with E-state index in [-0.39, 0.29) is 23.6 Å². The first kappa shape index (κ1) is 18.6. The Bertz CT molecular complexity index is 820. The Morgan fingerprint density at radius 2 is 1.88 bits per heavy atom. The monoisotopic (exact) mass is 356 g/mol. The average molecular weight is 356 g/mol. The molecular formula is C20H28N4O2. The van der Waals surface area contributed by atoms with Crippen molar-refractivity contribution in [3.05, 3.63) is 40.9 Å². The Kier molecular flexibility index (Phi) is 5.71. The molecule has 0 aliphatic heterocycles. The van der Waals surface area contributed by atoms with Crippen LogP contribution in [0.3, 0.4) is 0 Å². The number of para-hydroxylation sites is 1. The summed E-state index contributed by atoms with van der Waals surface area (Å²) in [6.45, 7) is 0.620. The van der Waals surface area contributed by atoms with Gasteiger partial charge in [-0.15, -0.1) is 0 Å². The van der Waals surface area contributed by atoms with Gasteiger partial charge in [0.15, 0.2) is 0 Å². The summed E-state index contributed by atoms with van der Waals surface area (Å²) in [7, 11) is 4.18. The van der Waals surface area contributed by atoms with Crippen LogP contribution in [0.15, 0.2) is 35.4 Å². The van der Waals surface area contributed by atoms with Gasteiger partial charge < -0.3 is 10.2 Å². The van der Waals surface area contributed by atoms with Crippen molar-refractivity contribution in [3.63, 3.8) is 0 Å². The van der Waals surface area contributed by atoms with Gasteiger partial charge in [-0.2, -0.15) is 0 Å². The fraction of sp³-hybridized carbons (Fsp3) is 0.550. The molecule has 1 fully saturated rings. The molecular weight excluding hydrogens is 328 g/mol. The van der Waals surface area contributed by atoms with E-state index < -0.39 is 0 Å². The third kappa shape index (κ3) is 3.96. The minimum absolute atomic E-state index is 0.000175. The molecule has 1 heterocycles. The van der Waals surface area contributed by atoms with Crippen LogP contribution in [-0.4, -0.2) is 46.5 Å². The first-order valence-corrected chi connectivity index (χ1v) is 9.40. The van der Waals surface area contributed by atoms with Gasteiger partial charge in [-0.3, -0.25) is 14.2 Å². The SMILES string of the molecule is CN(C)C1(CNC(=O)Cn2cnc3ccccc3c2=O)CCCCCC1. The Morgan fingerprint density at radius 3 is 2.58 bits per heavy atom. The van der Waals surface area contributed by atoms with Crippen molar-refractivity contribution in [2.24, 2.45) is 0 Å². The number of rotatable bonds is 5. The van der Waals surface area contributed by atoms with Crippen LogP contribution in [-0.2, 0) is 11.3 Å². The van der Waals surface area contributed by atoms with Gasteiger partial charge >= 0.3 is 0 Å². The van der Waals surface area contributed by atoms with E-state index in [4.69, 9.17) is 0 Å². The van der Waals surface area contributed by atoms with Crippen LogP contribution in [0.5, 0.6) is 0 Å². The van der Waals surface area contributed by atoms with E-state index in [2.05, 4.69) is 29.3 Å². The fourth-order valence-corrected chi connectivity index (χ4v) is 3.86. The van der Waals surface area contributed by atoms with Gasteiger partial charge in [0.25, 0.3) is 5.56 Å². The molecule has 26 heavy (non-hydrogen) atoms. The predicted octanol–water partition coefficient (Wildman–Crippen LogP) is 2.17. The number of likely N-dealkylation sites (N-methyl/N-ethyl adjacent to an activating group) is 1. The number of benzene rings is 1. The normalized spacial score (nSPS) is 17.2. The highest BCUT2D eigenvalue weighted by Gasteiger charge is 2.33. The zero-order valence-corrected chi connectivity index (χ0v) is 15.7. The summed E-state index contributed by atoms with van der Waals surface area (Å²) in [6, 6.07) is 7.20. The highest BCUT2D eigenvalue weighted by atomic mass is 16.2. The molecule has 1 aromatic heterocycles. The molecule has 0 spiro atoms. The van der Waals surface area contributed by atoms with Gasteiger partial charge in [0.05, 0.1) is 17.2 Å². The number of hydrogen-bond acceptors (Lipinski definition) is 4. The summed E-state index contributed by atoms with van der Waals surface area (Å²) in [4.78, 5) is 31.5. The van der Waals surface area contributed by atoms with Crippen LogP contribution < -0.4 is 10.9 Å². The van der Waals surface area contributed by atoms with Crippen LogP contribution in [0, 0.1) is 0 Å². The van der Waals surface area contributed by atoms with E-state index in [1.807, 2.05) is 12.1 Å². The number of hydrogen-bond donors (Lipinski definition) is 1. The van der Waals surface area contributed by atoms with Gasteiger partial charge in [-0.25, -0.2) is 4.98 Å². The highest BCUT2D eigenvalue weighted by Crippen LogP contribution is 2.30. The number of fused-ring (bicyclic) bond motifs is 1. The topological polar surface area (TPSA) is 67.2 Å². The van der Waals surface area contributed by atoms with Crippen molar-refractivity contribution in [2.45, 2.75) is 50.6 Å². The molecule has 1 saturated carbocycles. The summed E-state index contributed by atoms with van der Waals surface area (Å²) in [5.74, 6) is -0.144. The zero-order chi connectivity index (χ0) is 18.6. The van der Waals surface area contributed by atoms with E-state index in [1.54, 1.807) is 12.1 Å². The van der Waals surface area contributed by atoms with Gasteiger partial charge in [0.2, 0.25) is 5.91 Å². The number of carbonyl (C=O) groups is 1. The molecule has 0 bridgehead atoms. The van der Waals surface area contributed by atoms with Gasteiger partial charge in [-0.1, -0.05) is 37.8 Å². The molecule has 0 atom stereocenters. The molecule has 0 unspecified atom stereocenters. The van der Waals surface area contributed by atoms with Crippen LogP contribution >= 0.6 is 0 Å². The molecule has 1 amide bonds. The lowest BCUT2D eigenvalue weighted by Gasteiger charge is -2.39. The quantitative estimate of drug-likeness (QED) is 0.834. The van der Waals surface area contributed by atoms with E-state index in [0.717, 1.165) is 12.8 Å². The Balaban J connectivity index is 1.69. The van der Waals surface area contributed by atoms with Crippen LogP contribution in [0.25, 0.3) is 10.9 Å². The number of carbonyl (C=O) groups excluding carboxylic acids is 1. The van der Waals surface area contributed by atoms with Crippen molar-refractivity contribution in [3.8, 4) is 0 Å². The van der Waals surface area contributed by atoms with Crippen molar-refractivity contribution >= 4 is 16.8 Å². The second kappa shape index (κ2) is 7.99. The van der Waals surface area contributed by atoms with Gasteiger partial charge in [0, 0.05) is 12.1 Å². The third-order valence-corrected chi connectivity index (χ3v) is 5.64. The van der Waals surface area contributed by atoms with E-state index >= 15 is 0 Å². The second-order valence-electron chi connectivity index (χ2n) is 7.50. The lowest BCUT2D eigenvalue weighted by Crippen LogP contribution is -2.53. The first-order valence-electron chi connectivity index (χ1n) is 9.40. The second-order valence-corrected chi connectivity index (χ2v) is 7.50. The molecule has 1 aliphatic carbocycles. The van der Waals surface area contributed by atoms with Crippen molar-refractivity contribution < 1.29 is 4.79 Å². The molecule has 2 aromatic rings. The molecule has 3 rings (SSSR count). The maximum absolute atomic E-state index is 12.5. The minimum atomic E-state index is -0.178. The molecule has 1 aliphatic rings. The minimum Gasteiger partial charge on any atom is -0.353 e. The Morgan fingerprint density at radius 1 is 1.19 bits per heavy atom. The maximum Gasteiger partial charge on any atom is 0.261 e. The lowest BCUT2D eigenvalue weighted by molar-refractivity contribution is -0.122. The summed E-state index contributed by atoms with van der Waals surface area (Å²) in [6.07, 6.45) is 8.57. The molecule has 1 aromatic carbocycles. The summed E-state index contributed by atoms with van der Waals surface area (Å²) < 4.78 is 1.38. The Labute approximate surface area is 154 Å². The lowest BCUT2D eigenvalue weighted by atomic mass is 9.88. The Hall–Kier alpha value is -2.21. The van der Waals surface area contributed by atoms with Gasteiger partial charge in [-0.05, 0) is 39.1 Å². The largest absolute Gasteiger partial charge is 0.353 e. The molecule has 140 valence electrons. The molecule has 1 N–H and O–H groups in total. The van der Waals surface area contributed by atoms with Crippen molar-refractivity contribution in [2.75, 3.05) is 20.6 Å². The van der Waals surface area contributed by atoms with E-state index in [0.29, 0.717) is 17.4 Å². The zero-order valence-electron chi connectivity index (χ0n) is 15.7. The van der Waals surface area contributed by atoms with E-state index in [1.165, 1.54) is 36.6 Å². The number of aromatic nitrogens is 2. The molecule has 0 saturated heterocycles. The summed E-state index contributed by atoms with van der Waals surface area (Å²) in [5.41, 5.74) is 0.486. The standard InChI is InChI=1S/C20H28N4O2/c1-23(2)20(11-7-3-4-8-12-20)14-21-18(25)13-24-15-22-17-10-6-5-9-16(17)19(24)26/h5-6,9-10,15H,3-4,7-8,11-14H2,1-2H3,(H,21,25). The third-order valence-electron chi connectivity index (χ3n) is 5.64. The van der Waals surface area contributed by atoms with E-state index in [9.17, 15) is 9.59 Å². The number of nitrogens with zero attached hydrogens (tertiary/aromatic N) is 3. The van der Waals surface area contributed by atoms with Crippen molar-refractivity contribution in [1.82, 2.24) is 19.8 Å². The summed E-state index contributed by atoms with van der Waals surface area (Å²) >= 11 is 0. The molecule has 6 heteroatoms. The predicted molar refractivity (Wildman–Crippen MR) is 103 cm³/mol. The summed E-state index contributed by atoms with van der Waals surface area (Å²) in [5, 5.41) is 3.60. The maximum atomic E-state index is 12.5. The highest BCUT2D eigenvalue weighted by molar-refractivity contribution is 5.78. The molecule has 0 radical (unpaired) electrons. The van der Waals surface area contributed by atoms with Crippen LogP contribution in [0.2, 0.25) is 0 Å².